The number of H-pyrrole nitrogens is 1. The van der Waals surface area contributed by atoms with Crippen LogP contribution in [-0.2, 0) is 25.7 Å². The molecule has 0 unspecified atom stereocenters. The molecule has 0 radical (unpaired) electrons. The van der Waals surface area contributed by atoms with E-state index >= 15 is 0 Å². The van der Waals surface area contributed by atoms with Crippen LogP contribution in [0.5, 0.6) is 0 Å². The Kier molecular flexibility index (Phi) is 8.16. The molecule has 0 aliphatic heterocycles. The van der Waals surface area contributed by atoms with E-state index in [0.717, 1.165) is 6.42 Å². The lowest BCUT2D eigenvalue weighted by molar-refractivity contribution is -0.223. The van der Waals surface area contributed by atoms with Crippen LogP contribution in [0.4, 0.5) is 10.7 Å². The van der Waals surface area contributed by atoms with Crippen LogP contribution < -0.4 is 16.6 Å². The maximum absolute atomic E-state index is 13.0. The molecule has 13 heteroatoms. The second-order valence-electron chi connectivity index (χ2n) is 7.60. The number of carbonyl (C=O) groups excluding carboxylic acids is 2. The number of nitrogens with zero attached hydrogens (tertiary/aromatic N) is 3. The van der Waals surface area contributed by atoms with Gasteiger partial charge in [0.25, 0.3) is 11.3 Å². The van der Waals surface area contributed by atoms with Gasteiger partial charge in [-0.05, 0) is 26.7 Å². The Bertz CT molecular complexity index is 996. The monoisotopic (exact) mass is 454 g/mol. The smallest absolute Gasteiger partial charge is 0.409 e. The molecule has 0 fully saturated rings. The minimum atomic E-state index is -2.34. The number of hydrogen-bond donors (Lipinski definition) is 4. The van der Waals surface area contributed by atoms with Crippen molar-refractivity contribution in [3.63, 3.8) is 0 Å². The number of ether oxygens (including phenoxy) is 3. The largest absolute Gasteiger partial charge is 0.462 e. The molecule has 0 aromatic carbocycles. The summed E-state index contributed by atoms with van der Waals surface area (Å²) in [6, 6.07) is 0. The van der Waals surface area contributed by atoms with E-state index in [1.807, 2.05) is 6.92 Å². The fourth-order valence-electron chi connectivity index (χ4n) is 2.74. The second-order valence-corrected chi connectivity index (χ2v) is 7.60. The highest BCUT2D eigenvalue weighted by Gasteiger charge is 2.55. The van der Waals surface area contributed by atoms with Gasteiger partial charge in [-0.1, -0.05) is 20.3 Å². The topological polar surface area (TPSA) is 184 Å². The molecule has 1 amide bonds. The summed E-state index contributed by atoms with van der Waals surface area (Å²) in [5.41, 5.74) is 0.842. The lowest BCUT2D eigenvalue weighted by Crippen LogP contribution is -2.69. The lowest BCUT2D eigenvalue weighted by atomic mass is 9.94. The molecule has 178 valence electrons. The zero-order valence-electron chi connectivity index (χ0n) is 18.6. The summed E-state index contributed by atoms with van der Waals surface area (Å²) >= 11 is 0. The van der Waals surface area contributed by atoms with Crippen molar-refractivity contribution in [1.29, 1.82) is 0 Å². The first-order valence-corrected chi connectivity index (χ1v) is 10.2. The summed E-state index contributed by atoms with van der Waals surface area (Å²) in [6.45, 7) is 5.98. The number of rotatable bonds is 11. The summed E-state index contributed by atoms with van der Waals surface area (Å²) in [5, 5.41) is 13.2. The van der Waals surface area contributed by atoms with Gasteiger partial charge in [0.1, 0.15) is 12.3 Å². The van der Waals surface area contributed by atoms with Gasteiger partial charge in [0, 0.05) is 0 Å². The number of aromatic amines is 1. The van der Waals surface area contributed by atoms with Gasteiger partial charge in [-0.15, -0.1) is 0 Å². The van der Waals surface area contributed by atoms with E-state index in [0.29, 0.717) is 12.8 Å². The average molecular weight is 454 g/mol. The zero-order valence-corrected chi connectivity index (χ0v) is 18.6. The van der Waals surface area contributed by atoms with E-state index in [1.54, 1.807) is 6.92 Å². The third-order valence-electron chi connectivity index (χ3n) is 4.51. The average Bonchev–Trinajstić information content (AvgIpc) is 3.11. The Labute approximate surface area is 184 Å². The molecule has 2 aromatic rings. The maximum atomic E-state index is 13.0. The molecule has 2 rings (SSSR count). The molecule has 0 aliphatic rings. The van der Waals surface area contributed by atoms with E-state index < -0.39 is 35.7 Å². The predicted octanol–water partition coefficient (Wildman–Crippen LogP) is 0.623. The number of aliphatic hydroxyl groups is 1. The molecule has 0 saturated carbocycles. The molecule has 13 nitrogen and oxygen atoms in total. The van der Waals surface area contributed by atoms with Crippen LogP contribution in [-0.4, -0.2) is 61.2 Å². The van der Waals surface area contributed by atoms with Crippen LogP contribution in [0.3, 0.4) is 0 Å². The Morgan fingerprint density at radius 3 is 2.59 bits per heavy atom. The van der Waals surface area contributed by atoms with Crippen LogP contribution in [0.25, 0.3) is 11.2 Å². The van der Waals surface area contributed by atoms with E-state index in [1.165, 1.54) is 24.7 Å². The van der Waals surface area contributed by atoms with Crippen molar-refractivity contribution >= 4 is 29.2 Å². The van der Waals surface area contributed by atoms with Gasteiger partial charge in [-0.2, -0.15) is 4.98 Å². The molecule has 2 aromatic heterocycles. The predicted molar refractivity (Wildman–Crippen MR) is 113 cm³/mol. The Balaban J connectivity index is 2.39. The SMILES string of the molecule is CCCCOC(=O)N[C@](OCn1cnc2c(=O)[nH]c(N)nc21)(C(=O)OCCC)C(C)(C)O. The summed E-state index contributed by atoms with van der Waals surface area (Å²) < 4.78 is 17.3. The fourth-order valence-corrected chi connectivity index (χ4v) is 2.74. The van der Waals surface area contributed by atoms with Gasteiger partial charge < -0.3 is 25.1 Å². The third-order valence-corrected chi connectivity index (χ3v) is 4.51. The molecular formula is C19H30N6O7. The van der Waals surface area contributed by atoms with Crippen molar-refractivity contribution in [2.45, 2.75) is 65.0 Å². The molecule has 2 heterocycles. The highest BCUT2D eigenvalue weighted by atomic mass is 16.6. The van der Waals surface area contributed by atoms with E-state index in [2.05, 4.69) is 20.3 Å². The number of aromatic nitrogens is 4. The molecule has 0 aliphatic carbocycles. The van der Waals surface area contributed by atoms with Crippen molar-refractivity contribution < 1.29 is 28.9 Å². The normalized spacial score (nSPS) is 13.5. The van der Waals surface area contributed by atoms with Crippen molar-refractivity contribution in [3.8, 4) is 0 Å². The number of nitrogens with two attached hydrogens (primary N) is 1. The minimum Gasteiger partial charge on any atom is -0.462 e. The lowest BCUT2D eigenvalue weighted by Gasteiger charge is -2.40. The molecule has 0 spiro atoms. The van der Waals surface area contributed by atoms with Crippen LogP contribution in [0, 0.1) is 0 Å². The van der Waals surface area contributed by atoms with E-state index in [-0.39, 0.29) is 30.3 Å². The fraction of sp³-hybridized carbons (Fsp3) is 0.632. The Hall–Kier alpha value is -3.19. The summed E-state index contributed by atoms with van der Waals surface area (Å²) in [5.74, 6) is -1.16. The first kappa shape index (κ1) is 25.1. The summed E-state index contributed by atoms with van der Waals surface area (Å²) in [7, 11) is 0. The van der Waals surface area contributed by atoms with E-state index in [9.17, 15) is 19.5 Å². The zero-order chi connectivity index (χ0) is 23.9. The maximum Gasteiger partial charge on any atom is 0.409 e. The number of nitrogens with one attached hydrogen (secondary N) is 2. The van der Waals surface area contributed by atoms with Gasteiger partial charge in [0.2, 0.25) is 5.95 Å². The summed E-state index contributed by atoms with van der Waals surface area (Å²) in [6.07, 6.45) is 2.20. The third kappa shape index (κ3) is 5.53. The number of fused-ring (bicyclic) bond motifs is 1. The number of carbonyl (C=O) groups is 2. The van der Waals surface area contributed by atoms with Crippen LogP contribution >= 0.6 is 0 Å². The highest BCUT2D eigenvalue weighted by molar-refractivity contribution is 5.85. The summed E-state index contributed by atoms with van der Waals surface area (Å²) in [4.78, 5) is 47.7. The molecule has 5 N–H and O–H groups in total. The number of hydrogen-bond acceptors (Lipinski definition) is 10. The number of esters is 1. The van der Waals surface area contributed by atoms with Gasteiger partial charge >= 0.3 is 12.1 Å². The quantitative estimate of drug-likeness (QED) is 0.213. The Morgan fingerprint density at radius 1 is 1.25 bits per heavy atom. The number of alkyl carbamates (subject to hydrolysis) is 1. The second kappa shape index (κ2) is 10.4. The highest BCUT2D eigenvalue weighted by Crippen LogP contribution is 2.27. The molecule has 0 bridgehead atoms. The van der Waals surface area contributed by atoms with Gasteiger partial charge in [-0.25, -0.2) is 14.6 Å². The van der Waals surface area contributed by atoms with Crippen LogP contribution in [0.2, 0.25) is 0 Å². The van der Waals surface area contributed by atoms with Crippen molar-refractivity contribution in [2.24, 2.45) is 0 Å². The van der Waals surface area contributed by atoms with E-state index in [4.69, 9.17) is 19.9 Å². The first-order valence-electron chi connectivity index (χ1n) is 10.2. The van der Waals surface area contributed by atoms with Gasteiger partial charge in [0.15, 0.2) is 11.2 Å². The molecule has 32 heavy (non-hydrogen) atoms. The van der Waals surface area contributed by atoms with Crippen LogP contribution in [0.15, 0.2) is 11.1 Å². The Morgan fingerprint density at radius 2 is 1.97 bits per heavy atom. The van der Waals surface area contributed by atoms with Crippen molar-refractivity contribution in [1.82, 2.24) is 24.8 Å². The number of amides is 1. The number of unbranched alkanes of at least 4 members (excludes halogenated alkanes) is 1. The van der Waals surface area contributed by atoms with Gasteiger partial charge in [0.05, 0.1) is 19.5 Å². The molecule has 0 saturated heterocycles. The minimum absolute atomic E-state index is 0.00264. The van der Waals surface area contributed by atoms with Crippen LogP contribution in [0.1, 0.15) is 47.0 Å². The van der Waals surface area contributed by atoms with Crippen molar-refractivity contribution in [2.75, 3.05) is 18.9 Å². The standard InChI is InChI=1S/C19H30N6O7/c1-5-7-9-31-17(28)24-19(18(3,4)29,15(27)30-8-6-2)32-11-25-10-21-12-13(25)22-16(20)23-14(12)26/h10,29H,5-9,11H2,1-4H3,(H,24,28)(H3,20,22,23,26)/t19-/m0/s1. The van der Waals surface area contributed by atoms with Gasteiger partial charge in [-0.3, -0.25) is 19.7 Å². The number of imidazole rings is 1. The number of nitrogen functional groups attached to an aromatic ring is 1. The molecular weight excluding hydrogens is 424 g/mol. The van der Waals surface area contributed by atoms with Crippen molar-refractivity contribution in [3.05, 3.63) is 16.7 Å². The number of anilines is 1. The molecule has 1 atom stereocenters. The first-order chi connectivity index (χ1) is 15.1.